The minimum Gasteiger partial charge on any atom is -0.471 e. The third-order valence-electron chi connectivity index (χ3n) is 3.50. The highest BCUT2D eigenvalue weighted by atomic mass is 35.5. The van der Waals surface area contributed by atoms with E-state index < -0.39 is 0 Å². The molecule has 0 saturated heterocycles. The predicted octanol–water partition coefficient (Wildman–Crippen LogP) is 4.13. The van der Waals surface area contributed by atoms with Gasteiger partial charge in [-0.15, -0.1) is 0 Å². The Hall–Kier alpha value is -2.79. The fourth-order valence-corrected chi connectivity index (χ4v) is 2.32. The molecular formula is C18H16ClN3O2. The molecule has 0 bridgehead atoms. The predicted molar refractivity (Wildman–Crippen MR) is 93.4 cm³/mol. The Balaban J connectivity index is 1.64. The van der Waals surface area contributed by atoms with Crippen molar-refractivity contribution in [1.29, 1.82) is 0 Å². The molecule has 1 heterocycles. The highest BCUT2D eigenvalue weighted by Gasteiger charge is 2.12. The van der Waals surface area contributed by atoms with Crippen LogP contribution in [0.25, 0.3) is 0 Å². The zero-order valence-corrected chi connectivity index (χ0v) is 13.8. The second-order valence-corrected chi connectivity index (χ2v) is 5.60. The number of nitrogens with zero attached hydrogens (tertiary/aromatic N) is 2. The summed E-state index contributed by atoms with van der Waals surface area (Å²) in [5, 5.41) is 7.64. The van der Waals surface area contributed by atoms with Gasteiger partial charge in [-0.1, -0.05) is 35.9 Å². The first-order chi connectivity index (χ1) is 11.6. The number of carbonyl (C=O) groups excluding carboxylic acids is 1. The topological polar surface area (TPSA) is 56.2 Å². The van der Waals surface area contributed by atoms with Gasteiger partial charge in [0.1, 0.15) is 5.75 Å². The van der Waals surface area contributed by atoms with Crippen LogP contribution >= 0.6 is 11.6 Å². The van der Waals surface area contributed by atoms with Gasteiger partial charge in [0.25, 0.3) is 5.91 Å². The molecule has 0 fully saturated rings. The Morgan fingerprint density at radius 3 is 2.75 bits per heavy atom. The van der Waals surface area contributed by atoms with Crippen LogP contribution in [0.15, 0.2) is 60.8 Å². The summed E-state index contributed by atoms with van der Waals surface area (Å²) in [5.74, 6) is 0.451. The minimum absolute atomic E-state index is 0.230. The molecule has 3 rings (SSSR count). The lowest BCUT2D eigenvalue weighted by Gasteiger charge is -2.08. The van der Waals surface area contributed by atoms with Crippen molar-refractivity contribution in [3.05, 3.63) is 77.1 Å². The van der Waals surface area contributed by atoms with E-state index in [1.54, 1.807) is 35.1 Å². The number of ether oxygens (including phenoxy) is 1. The van der Waals surface area contributed by atoms with Crippen molar-refractivity contribution in [2.24, 2.45) is 0 Å². The Morgan fingerprint density at radius 2 is 1.96 bits per heavy atom. The normalized spacial score (nSPS) is 10.4. The maximum absolute atomic E-state index is 12.3. The number of anilines is 1. The number of hydrogen-bond acceptors (Lipinski definition) is 3. The van der Waals surface area contributed by atoms with Crippen molar-refractivity contribution in [1.82, 2.24) is 9.78 Å². The van der Waals surface area contributed by atoms with Gasteiger partial charge in [-0.05, 0) is 42.8 Å². The van der Waals surface area contributed by atoms with Gasteiger partial charge in [0.05, 0.1) is 0 Å². The van der Waals surface area contributed by atoms with Gasteiger partial charge in [0, 0.05) is 16.9 Å². The number of amides is 1. The fourth-order valence-electron chi connectivity index (χ4n) is 2.14. The van der Waals surface area contributed by atoms with Crippen molar-refractivity contribution in [3.63, 3.8) is 0 Å². The average molecular weight is 342 g/mol. The van der Waals surface area contributed by atoms with Crippen LogP contribution in [0.2, 0.25) is 5.02 Å². The first kappa shape index (κ1) is 16.1. The molecule has 1 aromatic heterocycles. The van der Waals surface area contributed by atoms with Crippen molar-refractivity contribution in [2.45, 2.75) is 13.7 Å². The van der Waals surface area contributed by atoms with Gasteiger partial charge in [-0.3, -0.25) is 4.79 Å². The van der Waals surface area contributed by atoms with Crippen LogP contribution in [-0.4, -0.2) is 15.7 Å². The maximum Gasteiger partial charge on any atom is 0.276 e. The molecule has 122 valence electrons. The first-order valence-electron chi connectivity index (χ1n) is 7.41. The molecule has 0 unspecified atom stereocenters. The largest absolute Gasteiger partial charge is 0.471 e. The molecule has 2 aromatic carbocycles. The number of aromatic nitrogens is 2. The Bertz CT molecular complexity index is 846. The quantitative estimate of drug-likeness (QED) is 0.759. The number of hydrogen-bond donors (Lipinski definition) is 1. The molecule has 0 aliphatic carbocycles. The summed E-state index contributed by atoms with van der Waals surface area (Å²) in [5.41, 5.74) is 1.80. The van der Waals surface area contributed by atoms with E-state index in [0.29, 0.717) is 16.4 Å². The third-order valence-corrected chi connectivity index (χ3v) is 3.91. The number of nitrogens with one attached hydrogen (secondary N) is 1. The van der Waals surface area contributed by atoms with E-state index >= 15 is 0 Å². The summed E-state index contributed by atoms with van der Waals surface area (Å²) >= 11 is 6.06. The van der Waals surface area contributed by atoms with E-state index in [0.717, 1.165) is 11.3 Å². The highest BCUT2D eigenvalue weighted by molar-refractivity contribution is 6.31. The second kappa shape index (κ2) is 7.19. The summed E-state index contributed by atoms with van der Waals surface area (Å²) in [6, 6.07) is 16.4. The van der Waals surface area contributed by atoms with Crippen LogP contribution in [0.5, 0.6) is 5.75 Å². The van der Waals surface area contributed by atoms with Crippen LogP contribution < -0.4 is 10.1 Å². The summed E-state index contributed by atoms with van der Waals surface area (Å²) in [7, 11) is 0. The van der Waals surface area contributed by atoms with E-state index in [9.17, 15) is 4.79 Å². The molecule has 0 aliphatic heterocycles. The molecule has 0 atom stereocenters. The van der Waals surface area contributed by atoms with E-state index in [2.05, 4.69) is 10.4 Å². The zero-order valence-electron chi connectivity index (χ0n) is 13.1. The average Bonchev–Trinajstić information content (AvgIpc) is 3.07. The second-order valence-electron chi connectivity index (χ2n) is 5.19. The smallest absolute Gasteiger partial charge is 0.276 e. The van der Waals surface area contributed by atoms with Crippen LogP contribution in [0.1, 0.15) is 16.1 Å². The Morgan fingerprint density at radius 1 is 1.17 bits per heavy atom. The molecule has 0 spiro atoms. The van der Waals surface area contributed by atoms with Crippen LogP contribution in [0.4, 0.5) is 5.69 Å². The lowest BCUT2D eigenvalue weighted by Crippen LogP contribution is -2.15. The molecule has 1 amide bonds. The minimum atomic E-state index is -0.293. The summed E-state index contributed by atoms with van der Waals surface area (Å²) in [4.78, 5) is 12.3. The number of carbonyl (C=O) groups is 1. The molecular weight excluding hydrogens is 326 g/mol. The third kappa shape index (κ3) is 3.75. The van der Waals surface area contributed by atoms with Crippen molar-refractivity contribution in [2.75, 3.05) is 5.32 Å². The zero-order chi connectivity index (χ0) is 16.9. The fraction of sp³-hybridized carbons (Fsp3) is 0.111. The van der Waals surface area contributed by atoms with Crippen molar-refractivity contribution < 1.29 is 9.53 Å². The molecule has 5 nitrogen and oxygen atoms in total. The standard InChI is InChI=1S/C18H16ClN3O2/c1-13-15(19)8-5-9-16(13)20-18(23)17-10-11-22(21-17)12-24-14-6-3-2-4-7-14/h2-11H,12H2,1H3,(H,20,23). The van der Waals surface area contributed by atoms with E-state index in [4.69, 9.17) is 16.3 Å². The maximum atomic E-state index is 12.3. The SMILES string of the molecule is Cc1c(Cl)cccc1NC(=O)c1ccn(COc2ccccc2)n1. The summed E-state index contributed by atoms with van der Waals surface area (Å²) in [6.07, 6.45) is 1.70. The number of para-hydroxylation sites is 1. The molecule has 24 heavy (non-hydrogen) atoms. The van der Waals surface area contributed by atoms with Crippen molar-refractivity contribution in [3.8, 4) is 5.75 Å². The first-order valence-corrected chi connectivity index (χ1v) is 7.79. The van der Waals surface area contributed by atoms with E-state index in [1.165, 1.54) is 0 Å². The number of rotatable bonds is 5. The van der Waals surface area contributed by atoms with Gasteiger partial charge in [-0.25, -0.2) is 4.68 Å². The monoisotopic (exact) mass is 341 g/mol. The summed E-state index contributed by atoms with van der Waals surface area (Å²) < 4.78 is 7.15. The lowest BCUT2D eigenvalue weighted by molar-refractivity contribution is 0.102. The van der Waals surface area contributed by atoms with Crippen LogP contribution in [0.3, 0.4) is 0 Å². The van der Waals surface area contributed by atoms with E-state index in [-0.39, 0.29) is 12.6 Å². The van der Waals surface area contributed by atoms with Crippen LogP contribution in [-0.2, 0) is 6.73 Å². The van der Waals surface area contributed by atoms with Gasteiger partial charge >= 0.3 is 0 Å². The number of halogens is 1. The van der Waals surface area contributed by atoms with Gasteiger partial charge in [0.2, 0.25) is 0 Å². The Kier molecular flexibility index (Phi) is 4.82. The van der Waals surface area contributed by atoms with Gasteiger partial charge in [-0.2, -0.15) is 5.10 Å². The van der Waals surface area contributed by atoms with Crippen LogP contribution in [0, 0.1) is 6.92 Å². The Labute approximate surface area is 144 Å². The molecule has 3 aromatic rings. The van der Waals surface area contributed by atoms with Crippen molar-refractivity contribution >= 4 is 23.2 Å². The van der Waals surface area contributed by atoms with E-state index in [1.807, 2.05) is 37.3 Å². The molecule has 0 saturated carbocycles. The molecule has 0 radical (unpaired) electrons. The van der Waals surface area contributed by atoms with Gasteiger partial charge < -0.3 is 10.1 Å². The summed E-state index contributed by atoms with van der Waals surface area (Å²) in [6.45, 7) is 2.08. The molecule has 1 N–H and O–H groups in total. The number of benzene rings is 2. The van der Waals surface area contributed by atoms with Gasteiger partial charge in [0.15, 0.2) is 12.4 Å². The molecule has 6 heteroatoms. The lowest BCUT2D eigenvalue weighted by atomic mass is 10.2. The highest BCUT2D eigenvalue weighted by Crippen LogP contribution is 2.23. The molecule has 0 aliphatic rings.